The molecule has 2 rings (SSSR count). The van der Waals surface area contributed by atoms with Crippen molar-refractivity contribution in [2.45, 2.75) is 142 Å². The minimum Gasteiger partial charge on any atom is -0.748 e. The molecule has 2 aromatic rings. The molecule has 0 unspecified atom stereocenters. The van der Waals surface area contributed by atoms with Gasteiger partial charge in [-0.1, -0.05) is 118 Å². The maximum atomic E-state index is 2.43. The first kappa shape index (κ1) is 35.1. The van der Waals surface area contributed by atoms with Gasteiger partial charge in [0.25, 0.3) is 0 Å². The van der Waals surface area contributed by atoms with Gasteiger partial charge in [-0.2, -0.15) is 11.6 Å². The molecule has 35 heavy (non-hydrogen) atoms. The normalized spacial score (nSPS) is 13.5. The van der Waals surface area contributed by atoms with Crippen molar-refractivity contribution in [3.63, 3.8) is 0 Å². The molecule has 0 aromatic heterocycles. The van der Waals surface area contributed by atoms with Crippen LogP contribution in [0.3, 0.4) is 0 Å². The Bertz CT molecular complexity index is 761. The Labute approximate surface area is 233 Å². The van der Waals surface area contributed by atoms with E-state index in [2.05, 4.69) is 146 Å². The standard InChI is InChI=1S/C23H43P2.C9H13.Fe/c1-20(2,3)24(21(4,5)6)16-18-14-13-15-19(18)17-25(22(7,8)9)23(10,11)12;1-9(2,3)8-6-4-5-7-8;/h13-15H,16-17H2,1-12H3;4-7H,1-3H3;/q-1;-5;. The molecule has 0 nitrogen and oxygen atoms in total. The second-order valence-electron chi connectivity index (χ2n) is 14.9. The van der Waals surface area contributed by atoms with Gasteiger partial charge in [-0.15, -0.1) is 13.5 Å². The summed E-state index contributed by atoms with van der Waals surface area (Å²) in [6.45, 7) is 35.9. The zero-order chi connectivity index (χ0) is 26.8. The van der Waals surface area contributed by atoms with E-state index in [-0.39, 0.29) is 32.9 Å². The molecule has 3 heteroatoms. The Morgan fingerprint density at radius 2 is 1.06 bits per heavy atom. The van der Waals surface area contributed by atoms with Crippen molar-refractivity contribution in [2.24, 2.45) is 0 Å². The van der Waals surface area contributed by atoms with Gasteiger partial charge in [-0.05, 0) is 26.8 Å². The zero-order valence-electron chi connectivity index (χ0n) is 25.7. The van der Waals surface area contributed by atoms with Gasteiger partial charge in [0.2, 0.25) is 0 Å². The topological polar surface area (TPSA) is 0 Å². The molecular formula is C32H56FeP2-6. The summed E-state index contributed by atoms with van der Waals surface area (Å²) >= 11 is 0. The van der Waals surface area contributed by atoms with Crippen LogP contribution in [0, 0.1) is 0 Å². The van der Waals surface area contributed by atoms with Crippen molar-refractivity contribution >= 4 is 15.8 Å². The van der Waals surface area contributed by atoms with Crippen molar-refractivity contribution in [1.82, 2.24) is 0 Å². The molecule has 0 radical (unpaired) electrons. The molecule has 0 aliphatic heterocycles. The fourth-order valence-electron chi connectivity index (χ4n) is 4.98. The van der Waals surface area contributed by atoms with Crippen molar-refractivity contribution in [1.29, 1.82) is 0 Å². The first-order chi connectivity index (χ1) is 15.0. The smallest absolute Gasteiger partial charge is 0 e. The molecule has 0 fully saturated rings. The van der Waals surface area contributed by atoms with E-state index in [0.717, 1.165) is 0 Å². The van der Waals surface area contributed by atoms with Crippen LogP contribution in [0.5, 0.6) is 0 Å². The van der Waals surface area contributed by atoms with E-state index in [0.29, 0.717) is 26.0 Å². The molecule has 0 atom stereocenters. The molecule has 0 bridgehead atoms. The molecular weight excluding hydrogens is 502 g/mol. The maximum Gasteiger partial charge on any atom is 0 e. The average Bonchev–Trinajstić information content (AvgIpc) is 3.25. The number of rotatable bonds is 4. The van der Waals surface area contributed by atoms with Crippen LogP contribution in [-0.2, 0) is 34.8 Å². The monoisotopic (exact) mass is 558 g/mol. The van der Waals surface area contributed by atoms with Gasteiger partial charge < -0.3 is 29.8 Å². The van der Waals surface area contributed by atoms with Gasteiger partial charge in [-0.3, -0.25) is 0 Å². The van der Waals surface area contributed by atoms with Gasteiger partial charge in [0.05, 0.1) is 0 Å². The largest absolute Gasteiger partial charge is 0.748 e. The Morgan fingerprint density at radius 1 is 0.657 bits per heavy atom. The first-order valence-corrected chi connectivity index (χ1v) is 16.1. The first-order valence-electron chi connectivity index (χ1n) is 13.1. The molecule has 0 aliphatic carbocycles. The second-order valence-corrected chi connectivity index (χ2v) is 22.6. The summed E-state index contributed by atoms with van der Waals surface area (Å²) < 4.78 is 0. The molecule has 0 spiro atoms. The average molecular weight is 559 g/mol. The predicted octanol–water partition coefficient (Wildman–Crippen LogP) is 11.3. The molecule has 0 saturated heterocycles. The molecule has 208 valence electrons. The fraction of sp³-hybridized carbons (Fsp3) is 0.688. The van der Waals surface area contributed by atoms with Crippen molar-refractivity contribution < 1.29 is 17.1 Å². The van der Waals surface area contributed by atoms with Crippen LogP contribution in [0.2, 0.25) is 0 Å². The molecule has 2 aromatic carbocycles. The van der Waals surface area contributed by atoms with E-state index in [1.54, 1.807) is 11.1 Å². The van der Waals surface area contributed by atoms with Crippen LogP contribution >= 0.6 is 15.8 Å². The van der Waals surface area contributed by atoms with E-state index >= 15 is 0 Å². The van der Waals surface area contributed by atoms with Crippen molar-refractivity contribution in [3.05, 3.63) is 59.2 Å². The van der Waals surface area contributed by atoms with Crippen LogP contribution in [0.15, 0.2) is 42.5 Å². The quantitative estimate of drug-likeness (QED) is 0.199. The molecule has 0 N–H and O–H groups in total. The minimum atomic E-state index is -0.0835. The van der Waals surface area contributed by atoms with Gasteiger partial charge in [0, 0.05) is 17.1 Å². The van der Waals surface area contributed by atoms with Gasteiger partial charge in [0.15, 0.2) is 0 Å². The minimum absolute atomic E-state index is 0. The summed E-state index contributed by atoms with van der Waals surface area (Å²) in [4.78, 5) is 0. The van der Waals surface area contributed by atoms with E-state index in [1.807, 2.05) is 0 Å². The molecule has 0 heterocycles. The van der Waals surface area contributed by atoms with Crippen LogP contribution in [-0.4, -0.2) is 20.6 Å². The fourth-order valence-corrected chi connectivity index (χ4v) is 12.2. The summed E-state index contributed by atoms with van der Waals surface area (Å²) in [6, 6.07) is 15.6. The third-order valence-electron chi connectivity index (χ3n) is 6.43. The van der Waals surface area contributed by atoms with Gasteiger partial charge in [0.1, 0.15) is 0 Å². The van der Waals surface area contributed by atoms with Crippen LogP contribution in [0.1, 0.15) is 121 Å². The van der Waals surface area contributed by atoms with Crippen LogP contribution in [0.25, 0.3) is 0 Å². The Kier molecular flexibility index (Phi) is 12.8. The van der Waals surface area contributed by atoms with E-state index in [4.69, 9.17) is 0 Å². The SMILES string of the molecule is CC(C)(C)P(Cc1ccc[c-]1CP(C(C)(C)C)C(C)(C)C)C(C)(C)C.CC(C)(C)[c-]1[cH-][cH-][cH-][cH-]1.[Fe]. The summed E-state index contributed by atoms with van der Waals surface area (Å²) in [7, 11) is -0.167. The van der Waals surface area contributed by atoms with Gasteiger partial charge >= 0.3 is 0 Å². The van der Waals surface area contributed by atoms with Crippen LogP contribution < -0.4 is 0 Å². The molecule has 0 amide bonds. The number of hydrogen-bond donors (Lipinski definition) is 0. The molecule has 0 aliphatic rings. The predicted molar refractivity (Wildman–Crippen MR) is 163 cm³/mol. The summed E-state index contributed by atoms with van der Waals surface area (Å²) in [5.74, 6) is 0. The van der Waals surface area contributed by atoms with Crippen LogP contribution in [0.4, 0.5) is 0 Å². The van der Waals surface area contributed by atoms with E-state index < -0.39 is 0 Å². The molecule has 0 saturated carbocycles. The summed E-state index contributed by atoms with van der Waals surface area (Å²) in [6.07, 6.45) is 2.53. The Morgan fingerprint density at radius 3 is 1.37 bits per heavy atom. The maximum absolute atomic E-state index is 2.43. The summed E-state index contributed by atoms with van der Waals surface area (Å²) in [5, 5.41) is 1.56. The number of hydrogen-bond acceptors (Lipinski definition) is 0. The second kappa shape index (κ2) is 12.8. The Hall–Kier alpha value is 0.0795. The third kappa shape index (κ3) is 11.6. The Balaban J connectivity index is 0.000000968. The van der Waals surface area contributed by atoms with Crippen molar-refractivity contribution in [3.8, 4) is 0 Å². The van der Waals surface area contributed by atoms with E-state index in [9.17, 15) is 0 Å². The van der Waals surface area contributed by atoms with E-state index in [1.165, 1.54) is 17.9 Å². The zero-order valence-corrected chi connectivity index (χ0v) is 28.6. The van der Waals surface area contributed by atoms with Crippen molar-refractivity contribution in [2.75, 3.05) is 0 Å². The third-order valence-corrected chi connectivity index (χ3v) is 14.2. The van der Waals surface area contributed by atoms with Gasteiger partial charge in [-0.25, -0.2) is 17.5 Å². The summed E-state index contributed by atoms with van der Waals surface area (Å²) in [5.41, 5.74) is 4.99.